The summed E-state index contributed by atoms with van der Waals surface area (Å²) in [7, 11) is -3.43. The van der Waals surface area contributed by atoms with E-state index in [4.69, 9.17) is 5.73 Å². The Hall–Kier alpha value is -2.90. The Kier molecular flexibility index (Phi) is 7.76. The molecule has 0 heterocycles. The average Bonchev–Trinajstić information content (AvgIpc) is 2.70. The molecule has 1 aromatic carbocycles. The zero-order chi connectivity index (χ0) is 27.9. The average molecular weight is 544 g/mol. The van der Waals surface area contributed by atoms with E-state index in [1.165, 1.54) is 25.2 Å². The first-order valence-corrected chi connectivity index (χ1v) is 12.3. The number of anilines is 1. The Labute approximate surface area is 202 Å². The summed E-state index contributed by atoms with van der Waals surface area (Å²) in [5.41, 5.74) is -3.86. The summed E-state index contributed by atoms with van der Waals surface area (Å²) < 4.78 is 116. The van der Waals surface area contributed by atoms with Crippen LogP contribution < -0.4 is 11.1 Å². The van der Waals surface area contributed by atoms with Gasteiger partial charge in [0, 0.05) is 17.5 Å². The number of alkyl halides is 7. The molecule has 0 radical (unpaired) electrons. The van der Waals surface area contributed by atoms with Gasteiger partial charge in [-0.05, 0) is 31.9 Å². The molecule has 2 atom stereocenters. The molecule has 0 bridgehead atoms. The lowest BCUT2D eigenvalue weighted by atomic mass is 9.68. The SMILES string of the molecule is Cc1cc(C(F)(C(F)(F)F)C(F)(F)F)ccc1NC(=O)[C@@]1(C)C=CC=C(CCS(C)(=O)=O)C1C(N)=O. The molecule has 14 heteroatoms. The van der Waals surface area contributed by atoms with Crippen LogP contribution in [0.5, 0.6) is 0 Å². The predicted octanol–water partition coefficient (Wildman–Crippen LogP) is 4.26. The predicted molar refractivity (Wildman–Crippen MR) is 117 cm³/mol. The summed E-state index contributed by atoms with van der Waals surface area (Å²) in [6, 6.07) is 1.26. The van der Waals surface area contributed by atoms with E-state index in [1.807, 2.05) is 0 Å². The highest BCUT2D eigenvalue weighted by molar-refractivity contribution is 7.90. The molecular formula is C22H23F7N2O4S. The van der Waals surface area contributed by atoms with E-state index < -0.39 is 56.6 Å². The number of hydrogen-bond acceptors (Lipinski definition) is 4. The summed E-state index contributed by atoms with van der Waals surface area (Å²) in [4.78, 5) is 25.4. The van der Waals surface area contributed by atoms with E-state index >= 15 is 0 Å². The number of primary amides is 1. The highest BCUT2D eigenvalue weighted by Crippen LogP contribution is 2.53. The molecule has 3 N–H and O–H groups in total. The maximum Gasteiger partial charge on any atom is 0.435 e. The van der Waals surface area contributed by atoms with E-state index in [2.05, 4.69) is 5.32 Å². The van der Waals surface area contributed by atoms with Crippen molar-refractivity contribution in [3.8, 4) is 0 Å². The lowest BCUT2D eigenvalue weighted by molar-refractivity contribution is -0.348. The number of carbonyl (C=O) groups is 2. The number of rotatable bonds is 7. The normalized spacial score (nSPS) is 21.2. The molecule has 1 unspecified atom stereocenters. The number of sulfone groups is 1. The van der Waals surface area contributed by atoms with Crippen molar-refractivity contribution in [2.45, 2.75) is 38.3 Å². The maximum atomic E-state index is 14.4. The summed E-state index contributed by atoms with van der Waals surface area (Å²) >= 11 is 0. The molecule has 200 valence electrons. The molecule has 0 aromatic heterocycles. The number of amides is 2. The van der Waals surface area contributed by atoms with Crippen molar-refractivity contribution < 1.29 is 48.7 Å². The Morgan fingerprint density at radius 1 is 1.08 bits per heavy atom. The number of nitrogens with two attached hydrogens (primary N) is 1. The van der Waals surface area contributed by atoms with Gasteiger partial charge in [0.2, 0.25) is 11.8 Å². The number of hydrogen-bond donors (Lipinski definition) is 2. The van der Waals surface area contributed by atoms with Gasteiger partial charge in [-0.15, -0.1) is 0 Å². The van der Waals surface area contributed by atoms with Crippen LogP contribution in [-0.4, -0.2) is 44.6 Å². The minimum atomic E-state index is -6.30. The second kappa shape index (κ2) is 9.52. The summed E-state index contributed by atoms with van der Waals surface area (Å²) in [5.74, 6) is -3.49. The second-order valence-corrected chi connectivity index (χ2v) is 11.0. The van der Waals surface area contributed by atoms with Crippen molar-refractivity contribution in [3.05, 3.63) is 53.1 Å². The van der Waals surface area contributed by atoms with Gasteiger partial charge in [-0.2, -0.15) is 26.3 Å². The van der Waals surface area contributed by atoms with Gasteiger partial charge in [0.15, 0.2) is 0 Å². The van der Waals surface area contributed by atoms with E-state index in [0.717, 1.165) is 13.2 Å². The van der Waals surface area contributed by atoms with E-state index in [1.54, 1.807) is 0 Å². The molecule has 1 aliphatic carbocycles. The second-order valence-electron chi connectivity index (χ2n) is 8.74. The number of halogens is 7. The quantitative estimate of drug-likeness (QED) is 0.501. The van der Waals surface area contributed by atoms with Gasteiger partial charge in [0.05, 0.1) is 17.1 Å². The minimum Gasteiger partial charge on any atom is -0.369 e. The van der Waals surface area contributed by atoms with Gasteiger partial charge in [0.1, 0.15) is 9.84 Å². The van der Waals surface area contributed by atoms with Crippen molar-refractivity contribution in [3.63, 3.8) is 0 Å². The van der Waals surface area contributed by atoms with Gasteiger partial charge in [0.25, 0.3) is 0 Å². The maximum absolute atomic E-state index is 14.4. The van der Waals surface area contributed by atoms with Crippen LogP contribution in [0.1, 0.15) is 24.5 Å². The van der Waals surface area contributed by atoms with Crippen molar-refractivity contribution in [2.75, 3.05) is 17.3 Å². The third-order valence-electron chi connectivity index (χ3n) is 5.91. The molecule has 1 aromatic rings. The molecular weight excluding hydrogens is 521 g/mol. The number of carbonyl (C=O) groups excluding carboxylic acids is 2. The highest BCUT2D eigenvalue weighted by atomic mass is 32.2. The number of benzene rings is 1. The van der Waals surface area contributed by atoms with Crippen molar-refractivity contribution in [2.24, 2.45) is 17.1 Å². The lowest BCUT2D eigenvalue weighted by Crippen LogP contribution is -2.50. The van der Waals surface area contributed by atoms with Crippen molar-refractivity contribution >= 4 is 27.3 Å². The smallest absolute Gasteiger partial charge is 0.369 e. The molecule has 2 rings (SSSR count). The zero-order valence-corrected chi connectivity index (χ0v) is 20.0. The third kappa shape index (κ3) is 5.57. The zero-order valence-electron chi connectivity index (χ0n) is 19.2. The van der Waals surface area contributed by atoms with E-state index in [9.17, 15) is 48.7 Å². The fourth-order valence-electron chi connectivity index (χ4n) is 3.93. The summed E-state index contributed by atoms with van der Waals surface area (Å²) in [6.07, 6.45) is -7.58. The van der Waals surface area contributed by atoms with Crippen LogP contribution in [0.15, 0.2) is 42.0 Å². The molecule has 2 amide bonds. The monoisotopic (exact) mass is 544 g/mol. The summed E-state index contributed by atoms with van der Waals surface area (Å²) in [5, 5.41) is 2.33. The minimum absolute atomic E-state index is 0.110. The van der Waals surface area contributed by atoms with E-state index in [-0.39, 0.29) is 35.1 Å². The molecule has 0 aliphatic heterocycles. The summed E-state index contributed by atoms with van der Waals surface area (Å²) in [6.45, 7) is 2.37. The fourth-order valence-corrected chi connectivity index (χ4v) is 4.53. The lowest BCUT2D eigenvalue weighted by Gasteiger charge is -2.36. The van der Waals surface area contributed by atoms with Crippen LogP contribution in [0.3, 0.4) is 0 Å². The Bertz CT molecular complexity index is 1210. The number of allylic oxidation sites excluding steroid dienone is 2. The van der Waals surface area contributed by atoms with Crippen LogP contribution >= 0.6 is 0 Å². The van der Waals surface area contributed by atoms with Gasteiger partial charge < -0.3 is 11.1 Å². The van der Waals surface area contributed by atoms with Crippen LogP contribution in [0.25, 0.3) is 0 Å². The Morgan fingerprint density at radius 3 is 2.08 bits per heavy atom. The van der Waals surface area contributed by atoms with E-state index in [0.29, 0.717) is 12.1 Å². The van der Waals surface area contributed by atoms with Gasteiger partial charge in [-0.3, -0.25) is 9.59 Å². The first-order chi connectivity index (χ1) is 16.1. The van der Waals surface area contributed by atoms with Gasteiger partial charge in [-0.25, -0.2) is 12.8 Å². The highest BCUT2D eigenvalue weighted by Gasteiger charge is 2.73. The molecule has 36 heavy (non-hydrogen) atoms. The topological polar surface area (TPSA) is 106 Å². The largest absolute Gasteiger partial charge is 0.435 e. The Morgan fingerprint density at radius 2 is 1.64 bits per heavy atom. The van der Waals surface area contributed by atoms with Gasteiger partial charge >= 0.3 is 18.0 Å². The molecule has 0 fully saturated rings. The first-order valence-electron chi connectivity index (χ1n) is 10.3. The van der Waals surface area contributed by atoms with Gasteiger partial charge in [-0.1, -0.05) is 35.9 Å². The van der Waals surface area contributed by atoms with Crippen molar-refractivity contribution in [1.82, 2.24) is 0 Å². The van der Waals surface area contributed by atoms with Crippen LogP contribution in [-0.2, 0) is 25.1 Å². The molecule has 0 saturated carbocycles. The molecule has 0 saturated heterocycles. The fraction of sp³-hybridized carbons (Fsp3) is 0.455. The van der Waals surface area contributed by atoms with Crippen LogP contribution in [0, 0.1) is 18.3 Å². The molecule has 0 spiro atoms. The molecule has 1 aliphatic rings. The molecule has 6 nitrogen and oxygen atoms in total. The number of nitrogens with one attached hydrogen (secondary N) is 1. The van der Waals surface area contributed by atoms with Crippen LogP contribution in [0.2, 0.25) is 0 Å². The standard InChI is InChI=1S/C22H23F7N2O4S/c1-12-11-14(20(23,21(24,25)26)22(27,28)29)6-7-15(12)31-18(33)19(2)9-4-5-13(16(19)17(30)32)8-10-36(3,34)35/h4-7,9,11,16H,8,10H2,1-3H3,(H2,30,32)(H,31,33)/t16?,19-/m0/s1. The first kappa shape index (κ1) is 29.3. The number of aryl methyl sites for hydroxylation is 1. The van der Waals surface area contributed by atoms with Crippen LogP contribution in [0.4, 0.5) is 36.4 Å². The van der Waals surface area contributed by atoms with Crippen molar-refractivity contribution in [1.29, 1.82) is 0 Å². The third-order valence-corrected chi connectivity index (χ3v) is 6.86. The Balaban J connectivity index is 2.42.